The number of benzene rings is 1. The minimum atomic E-state index is -4.43. The third-order valence-electron chi connectivity index (χ3n) is 2.43. The highest BCUT2D eigenvalue weighted by molar-refractivity contribution is 7.13. The molecule has 0 amide bonds. The number of aromatic nitrogens is 1. The Balaban J connectivity index is 2.30. The average molecular weight is 287 g/mol. The van der Waals surface area contributed by atoms with E-state index in [1.807, 2.05) is 0 Å². The third-order valence-corrected chi connectivity index (χ3v) is 3.41. The Hall–Kier alpha value is -1.89. The highest BCUT2D eigenvalue weighted by Crippen LogP contribution is 2.33. The molecule has 0 bridgehead atoms. The Morgan fingerprint density at radius 3 is 2.58 bits per heavy atom. The van der Waals surface area contributed by atoms with E-state index in [9.17, 15) is 18.0 Å². The van der Waals surface area contributed by atoms with Gasteiger partial charge in [0.1, 0.15) is 4.88 Å². The first-order valence-electron chi connectivity index (χ1n) is 5.21. The highest BCUT2D eigenvalue weighted by Gasteiger charge is 2.33. The molecule has 19 heavy (non-hydrogen) atoms. The Kier molecular flexibility index (Phi) is 3.57. The summed E-state index contributed by atoms with van der Waals surface area (Å²) in [6, 6.07) is 5.19. The van der Waals surface area contributed by atoms with Gasteiger partial charge in [0, 0.05) is 6.42 Å². The summed E-state index contributed by atoms with van der Waals surface area (Å²) in [6.07, 6.45) is -3.31. The van der Waals surface area contributed by atoms with Crippen molar-refractivity contribution in [3.63, 3.8) is 0 Å². The lowest BCUT2D eigenvalue weighted by Crippen LogP contribution is -2.09. The normalized spacial score (nSPS) is 11.5. The smallest absolute Gasteiger partial charge is 0.416 e. The zero-order valence-electron chi connectivity index (χ0n) is 9.44. The van der Waals surface area contributed by atoms with Crippen molar-refractivity contribution in [2.75, 3.05) is 0 Å². The maximum Gasteiger partial charge on any atom is 0.416 e. The summed E-state index contributed by atoms with van der Waals surface area (Å²) in [6.45, 7) is 0. The van der Waals surface area contributed by atoms with Crippen LogP contribution >= 0.6 is 11.3 Å². The molecule has 100 valence electrons. The lowest BCUT2D eigenvalue weighted by Gasteiger charge is -2.11. The first-order valence-corrected chi connectivity index (χ1v) is 6.02. The van der Waals surface area contributed by atoms with Crippen molar-refractivity contribution in [2.45, 2.75) is 12.6 Å². The topological polar surface area (TPSA) is 50.2 Å². The number of alkyl halides is 3. The average Bonchev–Trinajstić information content (AvgIpc) is 2.77. The zero-order chi connectivity index (χ0) is 14.0. The maximum atomic E-state index is 12.8. The van der Waals surface area contributed by atoms with Crippen LogP contribution in [0.2, 0.25) is 0 Å². The molecule has 0 spiro atoms. The quantitative estimate of drug-likeness (QED) is 0.940. The molecule has 0 saturated carbocycles. The summed E-state index contributed by atoms with van der Waals surface area (Å²) in [5.41, 5.74) is -0.636. The van der Waals surface area contributed by atoms with Crippen LogP contribution in [0.3, 0.4) is 0 Å². The van der Waals surface area contributed by atoms with Crippen molar-refractivity contribution in [2.24, 2.45) is 0 Å². The van der Waals surface area contributed by atoms with Crippen molar-refractivity contribution in [1.29, 1.82) is 0 Å². The monoisotopic (exact) mass is 287 g/mol. The molecule has 1 heterocycles. The van der Waals surface area contributed by atoms with Crippen LogP contribution in [0.25, 0.3) is 0 Å². The van der Waals surface area contributed by atoms with Crippen molar-refractivity contribution in [3.8, 4) is 0 Å². The van der Waals surface area contributed by atoms with Crippen molar-refractivity contribution in [3.05, 3.63) is 51.5 Å². The SMILES string of the molecule is O=C(O)c1cnc(Cc2ccccc2C(F)(F)F)s1. The van der Waals surface area contributed by atoms with E-state index in [1.54, 1.807) is 0 Å². The van der Waals surface area contributed by atoms with Crippen molar-refractivity contribution in [1.82, 2.24) is 4.98 Å². The number of halogens is 3. The summed E-state index contributed by atoms with van der Waals surface area (Å²) in [7, 11) is 0. The van der Waals surface area contributed by atoms with E-state index in [0.29, 0.717) is 5.01 Å². The third kappa shape index (κ3) is 3.11. The number of hydrogen-bond acceptors (Lipinski definition) is 3. The van der Waals surface area contributed by atoms with Crippen LogP contribution in [0, 0.1) is 0 Å². The predicted molar refractivity (Wildman–Crippen MR) is 63.3 cm³/mol. The van der Waals surface area contributed by atoms with Gasteiger partial charge in [-0.1, -0.05) is 18.2 Å². The number of aromatic carboxylic acids is 1. The summed E-state index contributed by atoms with van der Waals surface area (Å²) in [5, 5.41) is 9.08. The van der Waals surface area contributed by atoms with Crippen LogP contribution in [0.4, 0.5) is 13.2 Å². The fraction of sp³-hybridized carbons (Fsp3) is 0.167. The van der Waals surface area contributed by atoms with E-state index in [4.69, 9.17) is 5.11 Å². The molecule has 0 aliphatic rings. The van der Waals surface area contributed by atoms with Gasteiger partial charge >= 0.3 is 12.1 Å². The van der Waals surface area contributed by atoms with Gasteiger partial charge in [0.15, 0.2) is 0 Å². The number of thiazole rings is 1. The van der Waals surface area contributed by atoms with E-state index in [0.717, 1.165) is 23.6 Å². The lowest BCUT2D eigenvalue weighted by molar-refractivity contribution is -0.138. The Labute approximate surface area is 110 Å². The minimum absolute atomic E-state index is 0.0134. The van der Waals surface area contributed by atoms with Gasteiger partial charge in [0.25, 0.3) is 0 Å². The molecular formula is C12H8F3NO2S. The number of carboxylic acids is 1. The molecular weight excluding hydrogens is 279 g/mol. The predicted octanol–water partition coefficient (Wildman–Crippen LogP) is 3.45. The minimum Gasteiger partial charge on any atom is -0.477 e. The molecule has 1 aromatic heterocycles. The van der Waals surface area contributed by atoms with Gasteiger partial charge in [-0.05, 0) is 11.6 Å². The van der Waals surface area contributed by atoms with Gasteiger partial charge in [0.2, 0.25) is 0 Å². The molecule has 7 heteroatoms. The van der Waals surface area contributed by atoms with Gasteiger partial charge < -0.3 is 5.11 Å². The van der Waals surface area contributed by atoms with Gasteiger partial charge in [-0.25, -0.2) is 9.78 Å². The molecule has 0 radical (unpaired) electrons. The Morgan fingerprint density at radius 2 is 2.00 bits per heavy atom. The summed E-state index contributed by atoms with van der Waals surface area (Å²) >= 11 is 0.877. The lowest BCUT2D eigenvalue weighted by atomic mass is 10.0. The maximum absolute atomic E-state index is 12.8. The molecule has 3 nitrogen and oxygen atoms in total. The second-order valence-electron chi connectivity index (χ2n) is 3.76. The van der Waals surface area contributed by atoms with E-state index >= 15 is 0 Å². The van der Waals surface area contributed by atoms with Crippen LogP contribution in [0.5, 0.6) is 0 Å². The Morgan fingerprint density at radius 1 is 1.32 bits per heavy atom. The fourth-order valence-corrected chi connectivity index (χ4v) is 2.38. The number of rotatable bonds is 3. The summed E-state index contributed by atoms with van der Waals surface area (Å²) < 4.78 is 38.3. The molecule has 0 aliphatic carbocycles. The molecule has 1 aromatic carbocycles. The number of hydrogen-bond donors (Lipinski definition) is 1. The summed E-state index contributed by atoms with van der Waals surface area (Å²) in [4.78, 5) is 14.5. The second kappa shape index (κ2) is 5.00. The number of nitrogens with zero attached hydrogens (tertiary/aromatic N) is 1. The molecule has 0 atom stereocenters. The largest absolute Gasteiger partial charge is 0.477 e. The Bertz CT molecular complexity index is 607. The molecule has 0 unspecified atom stereocenters. The van der Waals surface area contributed by atoms with E-state index in [2.05, 4.69) is 4.98 Å². The van der Waals surface area contributed by atoms with Gasteiger partial charge in [-0.2, -0.15) is 13.2 Å². The van der Waals surface area contributed by atoms with Crippen molar-refractivity contribution < 1.29 is 23.1 Å². The van der Waals surface area contributed by atoms with Gasteiger partial charge in [0.05, 0.1) is 16.8 Å². The van der Waals surface area contributed by atoms with Crippen LogP contribution in [0.1, 0.15) is 25.8 Å². The first-order chi connectivity index (χ1) is 8.88. The molecule has 2 aromatic rings. The molecule has 1 N–H and O–H groups in total. The molecule has 0 saturated heterocycles. The zero-order valence-corrected chi connectivity index (χ0v) is 10.3. The number of carbonyl (C=O) groups is 1. The molecule has 0 aliphatic heterocycles. The van der Waals surface area contributed by atoms with E-state index < -0.39 is 17.7 Å². The van der Waals surface area contributed by atoms with E-state index in [1.165, 1.54) is 18.2 Å². The fourth-order valence-electron chi connectivity index (χ4n) is 1.60. The van der Waals surface area contributed by atoms with Gasteiger partial charge in [-0.3, -0.25) is 0 Å². The molecule has 0 fully saturated rings. The van der Waals surface area contributed by atoms with Crippen molar-refractivity contribution >= 4 is 17.3 Å². The van der Waals surface area contributed by atoms with E-state index in [-0.39, 0.29) is 16.9 Å². The van der Waals surface area contributed by atoms with Crippen LogP contribution in [-0.4, -0.2) is 16.1 Å². The molecule has 2 rings (SSSR count). The highest BCUT2D eigenvalue weighted by atomic mass is 32.1. The van der Waals surface area contributed by atoms with Crippen LogP contribution < -0.4 is 0 Å². The van der Waals surface area contributed by atoms with Crippen LogP contribution in [-0.2, 0) is 12.6 Å². The van der Waals surface area contributed by atoms with Gasteiger partial charge in [-0.15, -0.1) is 11.3 Å². The second-order valence-corrected chi connectivity index (χ2v) is 4.87. The standard InChI is InChI=1S/C12H8F3NO2S/c13-12(14,15)8-4-2-1-3-7(8)5-10-16-6-9(19-10)11(17)18/h1-4,6H,5H2,(H,17,18). The van der Waals surface area contributed by atoms with Crippen LogP contribution in [0.15, 0.2) is 30.5 Å². The number of carboxylic acid groups (broad SMARTS) is 1. The first kappa shape index (κ1) is 13.5. The summed E-state index contributed by atoms with van der Waals surface area (Å²) in [5.74, 6) is -1.13.